The molecule has 1 aromatic heterocycles. The van der Waals surface area contributed by atoms with E-state index in [-0.39, 0.29) is 5.82 Å². The predicted molar refractivity (Wildman–Crippen MR) is 84.6 cm³/mol. The van der Waals surface area contributed by atoms with Gasteiger partial charge in [-0.25, -0.2) is 9.07 Å². The summed E-state index contributed by atoms with van der Waals surface area (Å²) in [5.41, 5.74) is 0.894. The molecule has 2 rings (SSSR count). The molecule has 0 aliphatic heterocycles. The van der Waals surface area contributed by atoms with Crippen LogP contribution in [0.15, 0.2) is 27.8 Å². The van der Waals surface area contributed by atoms with E-state index in [0.717, 1.165) is 41.2 Å². The van der Waals surface area contributed by atoms with Crippen molar-refractivity contribution in [3.8, 4) is 0 Å². The first-order valence-corrected chi connectivity index (χ1v) is 8.51. The zero-order chi connectivity index (χ0) is 15.1. The highest BCUT2D eigenvalue weighted by Crippen LogP contribution is 2.23. The lowest BCUT2D eigenvalue weighted by Crippen LogP contribution is -2.21. The molecule has 8 heteroatoms. The smallest absolute Gasteiger partial charge is 0.209 e. The molecule has 0 unspecified atom stereocenters. The monoisotopic (exact) mass is 373 g/mol. The van der Waals surface area contributed by atoms with E-state index in [2.05, 4.69) is 43.7 Å². The minimum absolute atomic E-state index is 0.247. The first kappa shape index (κ1) is 16.4. The Kier molecular flexibility index (Phi) is 6.59. The van der Waals surface area contributed by atoms with Crippen LogP contribution in [0.1, 0.15) is 18.9 Å². The lowest BCUT2D eigenvalue weighted by Gasteiger charge is -2.06. The summed E-state index contributed by atoms with van der Waals surface area (Å²) < 4.78 is 15.8. The molecule has 0 spiro atoms. The average molecular weight is 374 g/mol. The number of hydrogen-bond donors (Lipinski definition) is 1. The zero-order valence-corrected chi connectivity index (χ0v) is 14.1. The van der Waals surface area contributed by atoms with Gasteiger partial charge in [-0.3, -0.25) is 0 Å². The van der Waals surface area contributed by atoms with Gasteiger partial charge in [0.05, 0.1) is 6.54 Å². The molecule has 2 aromatic rings. The van der Waals surface area contributed by atoms with Gasteiger partial charge >= 0.3 is 0 Å². The average Bonchev–Trinajstić information content (AvgIpc) is 2.88. The highest BCUT2D eigenvalue weighted by atomic mass is 79.9. The Morgan fingerprint density at radius 2 is 2.19 bits per heavy atom. The number of benzene rings is 1. The SMILES string of the molecule is CCCNCCn1nnnc1SCc1cc(F)cc(Br)c1. The number of nitrogens with one attached hydrogen (secondary N) is 1. The highest BCUT2D eigenvalue weighted by molar-refractivity contribution is 9.10. The molecular weight excluding hydrogens is 357 g/mol. The number of thioether (sulfide) groups is 1. The fourth-order valence-corrected chi connectivity index (χ4v) is 3.12. The lowest BCUT2D eigenvalue weighted by molar-refractivity contribution is 0.510. The number of nitrogens with zero attached hydrogens (tertiary/aromatic N) is 4. The molecule has 0 aliphatic carbocycles. The maximum Gasteiger partial charge on any atom is 0.209 e. The normalized spacial score (nSPS) is 11.0. The third kappa shape index (κ3) is 5.37. The lowest BCUT2D eigenvalue weighted by atomic mass is 10.2. The molecule has 1 heterocycles. The van der Waals surface area contributed by atoms with Crippen LogP contribution in [-0.2, 0) is 12.3 Å². The van der Waals surface area contributed by atoms with E-state index < -0.39 is 0 Å². The molecule has 0 atom stereocenters. The Labute approximate surface area is 135 Å². The summed E-state index contributed by atoms with van der Waals surface area (Å²) in [4.78, 5) is 0. The fraction of sp³-hybridized carbons (Fsp3) is 0.462. The van der Waals surface area contributed by atoms with E-state index in [4.69, 9.17) is 0 Å². The second-order valence-corrected chi connectivity index (χ2v) is 6.36. The van der Waals surface area contributed by atoms with E-state index in [1.54, 1.807) is 4.68 Å². The van der Waals surface area contributed by atoms with Gasteiger partial charge in [0.15, 0.2) is 0 Å². The third-order valence-corrected chi connectivity index (χ3v) is 4.20. The number of halogens is 2. The second-order valence-electron chi connectivity index (χ2n) is 4.50. The molecule has 0 bridgehead atoms. The van der Waals surface area contributed by atoms with Crippen molar-refractivity contribution in [1.82, 2.24) is 25.5 Å². The van der Waals surface area contributed by atoms with E-state index in [1.807, 2.05) is 6.07 Å². The Morgan fingerprint density at radius 3 is 2.95 bits per heavy atom. The fourth-order valence-electron chi connectivity index (χ4n) is 1.77. The van der Waals surface area contributed by atoms with Crippen molar-refractivity contribution in [2.75, 3.05) is 13.1 Å². The molecule has 1 aromatic carbocycles. The largest absolute Gasteiger partial charge is 0.315 e. The molecule has 0 saturated carbocycles. The van der Waals surface area contributed by atoms with Gasteiger partial charge in [-0.05, 0) is 47.2 Å². The Balaban J connectivity index is 1.89. The second kappa shape index (κ2) is 8.45. The maximum absolute atomic E-state index is 13.3. The molecule has 0 aliphatic rings. The van der Waals surface area contributed by atoms with Gasteiger partial charge in [0, 0.05) is 16.8 Å². The van der Waals surface area contributed by atoms with Gasteiger partial charge in [0.25, 0.3) is 0 Å². The van der Waals surface area contributed by atoms with Crippen LogP contribution in [-0.4, -0.2) is 33.3 Å². The predicted octanol–water partition coefficient (Wildman–Crippen LogP) is 2.87. The maximum atomic E-state index is 13.3. The van der Waals surface area contributed by atoms with Crippen molar-refractivity contribution in [2.24, 2.45) is 0 Å². The summed E-state index contributed by atoms with van der Waals surface area (Å²) in [5.74, 6) is 0.377. The summed E-state index contributed by atoms with van der Waals surface area (Å²) in [6.45, 7) is 4.67. The molecule has 0 saturated heterocycles. The molecule has 21 heavy (non-hydrogen) atoms. The van der Waals surface area contributed by atoms with Crippen LogP contribution in [0, 0.1) is 5.82 Å². The van der Waals surface area contributed by atoms with Crippen LogP contribution in [0.25, 0.3) is 0 Å². The minimum atomic E-state index is -0.247. The van der Waals surface area contributed by atoms with Crippen LogP contribution < -0.4 is 5.32 Å². The van der Waals surface area contributed by atoms with Crippen molar-refractivity contribution in [3.63, 3.8) is 0 Å². The van der Waals surface area contributed by atoms with E-state index >= 15 is 0 Å². The van der Waals surface area contributed by atoms with Gasteiger partial charge < -0.3 is 5.32 Å². The number of aromatic nitrogens is 4. The van der Waals surface area contributed by atoms with Crippen LogP contribution in [0.3, 0.4) is 0 Å². The van der Waals surface area contributed by atoms with Crippen molar-refractivity contribution in [2.45, 2.75) is 30.8 Å². The highest BCUT2D eigenvalue weighted by Gasteiger charge is 2.08. The molecule has 0 fully saturated rings. The molecule has 0 radical (unpaired) electrons. The first-order valence-electron chi connectivity index (χ1n) is 6.73. The summed E-state index contributed by atoms with van der Waals surface area (Å²) in [6, 6.07) is 4.86. The summed E-state index contributed by atoms with van der Waals surface area (Å²) >= 11 is 4.79. The van der Waals surface area contributed by atoms with E-state index in [1.165, 1.54) is 23.9 Å². The van der Waals surface area contributed by atoms with Crippen molar-refractivity contribution >= 4 is 27.7 Å². The topological polar surface area (TPSA) is 55.6 Å². The summed E-state index contributed by atoms with van der Waals surface area (Å²) in [7, 11) is 0. The van der Waals surface area contributed by atoms with Crippen LogP contribution in [0.2, 0.25) is 0 Å². The Bertz CT molecular complexity index is 557. The quantitative estimate of drug-likeness (QED) is 0.569. The van der Waals surface area contributed by atoms with Crippen molar-refractivity contribution < 1.29 is 4.39 Å². The number of tetrazole rings is 1. The number of hydrogen-bond acceptors (Lipinski definition) is 5. The van der Waals surface area contributed by atoms with Crippen molar-refractivity contribution in [3.05, 3.63) is 34.1 Å². The molecule has 114 valence electrons. The van der Waals surface area contributed by atoms with Gasteiger partial charge in [0.1, 0.15) is 5.82 Å². The standard InChI is InChI=1S/C13H17BrFN5S/c1-2-3-16-4-5-20-13(17-18-19-20)21-9-10-6-11(14)8-12(15)7-10/h6-8,16H,2-5,9H2,1H3. The van der Waals surface area contributed by atoms with Gasteiger partial charge in [0.2, 0.25) is 5.16 Å². The third-order valence-electron chi connectivity index (χ3n) is 2.72. The number of rotatable bonds is 8. The van der Waals surface area contributed by atoms with Gasteiger partial charge in [-0.2, -0.15) is 0 Å². The molecule has 5 nitrogen and oxygen atoms in total. The Morgan fingerprint density at radius 1 is 1.33 bits per heavy atom. The molecular formula is C13H17BrFN5S. The van der Waals surface area contributed by atoms with Crippen LogP contribution in [0.5, 0.6) is 0 Å². The molecule has 1 N–H and O–H groups in total. The minimum Gasteiger partial charge on any atom is -0.315 e. The van der Waals surface area contributed by atoms with Gasteiger partial charge in [-0.15, -0.1) is 5.10 Å². The zero-order valence-electron chi connectivity index (χ0n) is 11.7. The Hall–Kier alpha value is -0.990. The molecule has 0 amide bonds. The first-order chi connectivity index (χ1) is 10.2. The van der Waals surface area contributed by atoms with Crippen LogP contribution in [0.4, 0.5) is 4.39 Å². The van der Waals surface area contributed by atoms with E-state index in [0.29, 0.717) is 5.75 Å². The van der Waals surface area contributed by atoms with Crippen molar-refractivity contribution in [1.29, 1.82) is 0 Å². The summed E-state index contributed by atoms with van der Waals surface area (Å²) in [6.07, 6.45) is 1.10. The van der Waals surface area contributed by atoms with Crippen LogP contribution >= 0.6 is 27.7 Å². The summed E-state index contributed by atoms with van der Waals surface area (Å²) in [5, 5.41) is 15.7. The van der Waals surface area contributed by atoms with E-state index in [9.17, 15) is 4.39 Å². The van der Waals surface area contributed by atoms with Gasteiger partial charge in [-0.1, -0.05) is 34.6 Å².